The summed E-state index contributed by atoms with van der Waals surface area (Å²) in [4.78, 5) is 18.7. The number of ether oxygens (including phenoxy) is 1. The summed E-state index contributed by atoms with van der Waals surface area (Å²) in [6, 6.07) is 9.09. The molecule has 6 heteroatoms. The van der Waals surface area contributed by atoms with Crippen molar-refractivity contribution in [2.75, 3.05) is 27.3 Å². The van der Waals surface area contributed by atoms with Crippen LogP contribution in [0.15, 0.2) is 24.3 Å². The van der Waals surface area contributed by atoms with E-state index in [0.717, 1.165) is 45.9 Å². The van der Waals surface area contributed by atoms with Gasteiger partial charge >= 0.3 is 5.97 Å². The zero-order chi connectivity index (χ0) is 21.0. The largest absolute Gasteiger partial charge is 0.469 e. The van der Waals surface area contributed by atoms with Crippen molar-refractivity contribution < 1.29 is 14.6 Å². The molecule has 3 heterocycles. The Bertz CT molecular complexity index is 859. The number of rotatable bonds is 1. The molecule has 1 saturated heterocycles. The molecule has 1 saturated carbocycles. The van der Waals surface area contributed by atoms with Crippen LogP contribution in [0.3, 0.4) is 0 Å². The molecular formula is C23H31N3O3. The summed E-state index contributed by atoms with van der Waals surface area (Å²) in [6.07, 6.45) is 5.65. The van der Waals surface area contributed by atoms with Crippen molar-refractivity contribution in [1.29, 1.82) is 5.26 Å². The molecule has 3 unspecified atom stereocenters. The Hall–Kier alpha value is -2.36. The Morgan fingerprint density at radius 2 is 2.03 bits per heavy atom. The van der Waals surface area contributed by atoms with E-state index in [2.05, 4.69) is 40.7 Å². The number of piperidine rings is 1. The molecule has 5 rings (SSSR count). The molecule has 156 valence electrons. The molecule has 2 aliphatic heterocycles. The van der Waals surface area contributed by atoms with E-state index < -0.39 is 0 Å². The fraction of sp³-hybridized carbons (Fsp3) is 0.565. The lowest BCUT2D eigenvalue weighted by atomic mass is 9.66. The Balaban J connectivity index is 0.000000568. The minimum atomic E-state index is 0.0100. The zero-order valence-corrected chi connectivity index (χ0v) is 17.3. The van der Waals surface area contributed by atoms with Crippen molar-refractivity contribution in [2.45, 2.75) is 38.1 Å². The van der Waals surface area contributed by atoms with Gasteiger partial charge in [-0.25, -0.2) is 5.26 Å². The molecule has 1 aromatic heterocycles. The first kappa shape index (κ1) is 21.4. The molecule has 29 heavy (non-hydrogen) atoms. The molecule has 6 nitrogen and oxygen atoms in total. The van der Waals surface area contributed by atoms with Gasteiger partial charge in [0.2, 0.25) is 0 Å². The van der Waals surface area contributed by atoms with Gasteiger partial charge in [0.25, 0.3) is 0 Å². The van der Waals surface area contributed by atoms with Gasteiger partial charge < -0.3 is 14.8 Å². The van der Waals surface area contributed by atoms with Crippen LogP contribution in [0.4, 0.5) is 0 Å². The van der Waals surface area contributed by atoms with Gasteiger partial charge in [-0.2, -0.15) is 0 Å². The summed E-state index contributed by atoms with van der Waals surface area (Å²) in [5.74, 6) is 1.23. The first-order valence-electron chi connectivity index (χ1n) is 10.4. The van der Waals surface area contributed by atoms with E-state index in [1.54, 1.807) is 0 Å². The van der Waals surface area contributed by atoms with Crippen molar-refractivity contribution in [2.24, 2.45) is 17.8 Å². The van der Waals surface area contributed by atoms with Gasteiger partial charge in [0.1, 0.15) is 0 Å². The van der Waals surface area contributed by atoms with Crippen LogP contribution in [0.25, 0.3) is 10.9 Å². The number of benzene rings is 1. The van der Waals surface area contributed by atoms with Gasteiger partial charge in [-0.15, -0.1) is 0 Å². The second-order valence-corrected chi connectivity index (χ2v) is 8.04. The summed E-state index contributed by atoms with van der Waals surface area (Å²) in [7, 11) is 2.54. The van der Waals surface area contributed by atoms with Crippen LogP contribution in [-0.4, -0.2) is 48.3 Å². The van der Waals surface area contributed by atoms with Crippen molar-refractivity contribution in [3.8, 4) is 6.57 Å². The molecule has 2 fully saturated rings. The van der Waals surface area contributed by atoms with E-state index in [4.69, 9.17) is 15.1 Å². The van der Waals surface area contributed by atoms with Crippen LogP contribution in [0, 0.1) is 29.6 Å². The molecule has 2 N–H and O–H groups in total. The minimum Gasteiger partial charge on any atom is -0.469 e. The lowest BCUT2D eigenvalue weighted by molar-refractivity contribution is -0.152. The lowest BCUT2D eigenvalue weighted by Crippen LogP contribution is -2.50. The van der Waals surface area contributed by atoms with Gasteiger partial charge in [0.05, 0.1) is 19.1 Å². The molecule has 0 bridgehead atoms. The third-order valence-corrected chi connectivity index (χ3v) is 6.95. The molecule has 2 aromatic rings. The molecule has 0 amide bonds. The van der Waals surface area contributed by atoms with Crippen molar-refractivity contribution in [1.82, 2.24) is 9.88 Å². The summed E-state index contributed by atoms with van der Waals surface area (Å²) >= 11 is 0. The van der Waals surface area contributed by atoms with E-state index in [9.17, 15) is 4.79 Å². The zero-order valence-electron chi connectivity index (χ0n) is 17.3. The number of hydrogen-bond acceptors (Lipinski definition) is 5. The molecule has 3 aliphatic rings. The SMILES string of the molecule is C#N.CO.COC(=O)C1CCC[C@H]2CN3CCc4c([nH]c5ccccc45)C3CC12. The first-order valence-corrected chi connectivity index (χ1v) is 10.4. The number of H-pyrrole nitrogens is 1. The predicted octanol–water partition coefficient (Wildman–Crippen LogP) is 3.42. The van der Waals surface area contributed by atoms with Gasteiger partial charge in [0.15, 0.2) is 0 Å². The Kier molecular flexibility index (Phi) is 6.94. The van der Waals surface area contributed by atoms with E-state index >= 15 is 0 Å². The predicted molar refractivity (Wildman–Crippen MR) is 112 cm³/mol. The maximum atomic E-state index is 12.3. The first-order chi connectivity index (χ1) is 14.3. The fourth-order valence-corrected chi connectivity index (χ4v) is 5.80. The molecule has 0 radical (unpaired) electrons. The number of para-hydroxylation sites is 1. The maximum Gasteiger partial charge on any atom is 0.308 e. The number of aliphatic hydroxyl groups is 1. The number of fused-ring (bicyclic) bond motifs is 6. The summed E-state index contributed by atoms with van der Waals surface area (Å²) in [5.41, 5.74) is 4.16. The van der Waals surface area contributed by atoms with Crippen molar-refractivity contribution in [3.05, 3.63) is 35.5 Å². The quantitative estimate of drug-likeness (QED) is 0.720. The summed E-state index contributed by atoms with van der Waals surface area (Å²) < 4.78 is 5.13. The molecule has 1 aromatic carbocycles. The highest BCUT2D eigenvalue weighted by Crippen LogP contribution is 2.49. The van der Waals surface area contributed by atoms with Gasteiger partial charge in [-0.3, -0.25) is 9.69 Å². The average Bonchev–Trinajstić information content (AvgIpc) is 3.18. The van der Waals surface area contributed by atoms with Gasteiger partial charge in [-0.05, 0) is 49.1 Å². The second kappa shape index (κ2) is 9.43. The number of aliphatic hydroxyl groups excluding tert-OH is 1. The summed E-state index contributed by atoms with van der Waals surface area (Å²) in [5, 5.41) is 14.9. The highest BCUT2D eigenvalue weighted by Gasteiger charge is 2.46. The maximum absolute atomic E-state index is 12.3. The van der Waals surface area contributed by atoms with Crippen LogP contribution in [-0.2, 0) is 16.0 Å². The standard InChI is InChI=1S/C21H26N2O2.CHN.CH4O/c1-25-21(24)16-7-4-5-13-12-23-10-9-15-14-6-2-3-8-18(14)22-20(15)19(23)11-17(13)16;2*1-2/h2-3,6,8,13,16-17,19,22H,4-5,7,9-12H2,1H3;1H;2H,1H3/t13-,16?,17?,19?;;/m0../s1. The molecular weight excluding hydrogens is 366 g/mol. The Labute approximate surface area is 172 Å². The van der Waals surface area contributed by atoms with E-state index in [1.807, 2.05) is 0 Å². The average molecular weight is 398 g/mol. The number of carbonyl (C=O) groups excluding carboxylic acids is 1. The van der Waals surface area contributed by atoms with Crippen molar-refractivity contribution >= 4 is 16.9 Å². The minimum absolute atomic E-state index is 0.0100. The van der Waals surface area contributed by atoms with E-state index in [0.29, 0.717) is 17.9 Å². The smallest absolute Gasteiger partial charge is 0.308 e. The number of esters is 1. The van der Waals surface area contributed by atoms with E-state index in [-0.39, 0.29) is 11.9 Å². The Morgan fingerprint density at radius 3 is 2.79 bits per heavy atom. The monoisotopic (exact) mass is 397 g/mol. The van der Waals surface area contributed by atoms with Gasteiger partial charge in [0, 0.05) is 43.4 Å². The van der Waals surface area contributed by atoms with Crippen molar-refractivity contribution in [3.63, 3.8) is 0 Å². The van der Waals surface area contributed by atoms with Crippen LogP contribution < -0.4 is 0 Å². The highest BCUT2D eigenvalue weighted by molar-refractivity contribution is 5.85. The molecule has 4 atom stereocenters. The third-order valence-electron chi connectivity index (χ3n) is 6.95. The number of nitriles is 1. The molecule has 0 spiro atoms. The normalized spacial score (nSPS) is 27.8. The number of nitrogens with one attached hydrogen (secondary N) is 1. The number of methoxy groups -OCH3 is 1. The topological polar surface area (TPSA) is 89.3 Å². The van der Waals surface area contributed by atoms with Crippen LogP contribution in [0.2, 0.25) is 0 Å². The number of aromatic amines is 1. The van der Waals surface area contributed by atoms with Crippen LogP contribution in [0.1, 0.15) is 43.0 Å². The lowest BCUT2D eigenvalue weighted by Gasteiger charge is -2.49. The second-order valence-electron chi connectivity index (χ2n) is 8.04. The molecule has 1 aliphatic carbocycles. The summed E-state index contributed by atoms with van der Waals surface area (Å²) in [6.45, 7) is 5.78. The van der Waals surface area contributed by atoms with E-state index in [1.165, 1.54) is 35.7 Å². The third kappa shape index (κ3) is 3.77. The number of hydrogen-bond donors (Lipinski definition) is 2. The van der Waals surface area contributed by atoms with Crippen LogP contribution in [0.5, 0.6) is 0 Å². The number of carbonyl (C=O) groups is 1. The van der Waals surface area contributed by atoms with Crippen LogP contribution >= 0.6 is 0 Å². The number of aromatic nitrogens is 1. The number of nitrogens with zero attached hydrogens (tertiary/aromatic N) is 2. The highest BCUT2D eigenvalue weighted by atomic mass is 16.5. The fourth-order valence-electron chi connectivity index (χ4n) is 5.80. The van der Waals surface area contributed by atoms with Gasteiger partial charge in [-0.1, -0.05) is 24.6 Å². The Morgan fingerprint density at radius 1 is 1.28 bits per heavy atom.